The van der Waals surface area contributed by atoms with Crippen LogP contribution in [0.4, 0.5) is 0 Å². The summed E-state index contributed by atoms with van der Waals surface area (Å²) in [4.78, 5) is 2.47. The Morgan fingerprint density at radius 3 is 2.23 bits per heavy atom. The third-order valence-electron chi connectivity index (χ3n) is 3.48. The van der Waals surface area contributed by atoms with E-state index in [1.807, 2.05) is 0 Å². The second kappa shape index (κ2) is 4.43. The Kier molecular flexibility index (Phi) is 3.74. The molecule has 0 aromatic rings. The fourth-order valence-corrected chi connectivity index (χ4v) is 2.29. The topological polar surface area (TPSA) is 12.5 Å². The second-order valence-electron chi connectivity index (χ2n) is 4.17. The Bertz CT molecular complexity index is 158. The second-order valence-corrected chi connectivity index (χ2v) is 4.17. The molecule has 13 heavy (non-hydrogen) atoms. The van der Waals surface area contributed by atoms with Crippen LogP contribution in [-0.4, -0.2) is 36.2 Å². The predicted octanol–water partition coefficient (Wildman–Crippen LogP) is 2.28. The predicted molar refractivity (Wildman–Crippen MR) is 55.9 cm³/mol. The smallest absolute Gasteiger partial charge is 0.0731 e. The van der Waals surface area contributed by atoms with Crippen molar-refractivity contribution in [2.45, 2.75) is 64.8 Å². The van der Waals surface area contributed by atoms with E-state index in [4.69, 9.17) is 4.74 Å². The van der Waals surface area contributed by atoms with Crippen molar-refractivity contribution in [3.8, 4) is 0 Å². The highest BCUT2D eigenvalue weighted by atomic mass is 16.5. The van der Waals surface area contributed by atoms with Crippen molar-refractivity contribution in [1.29, 1.82) is 0 Å². The first-order valence-corrected chi connectivity index (χ1v) is 5.49. The summed E-state index contributed by atoms with van der Waals surface area (Å²) in [6.07, 6.45) is 3.12. The molecule has 4 atom stereocenters. The van der Waals surface area contributed by atoms with Crippen LogP contribution in [0.15, 0.2) is 0 Å². The molecule has 1 fully saturated rings. The maximum Gasteiger partial charge on any atom is 0.0731 e. The molecule has 2 heteroatoms. The Morgan fingerprint density at radius 2 is 1.77 bits per heavy atom. The molecule has 0 radical (unpaired) electrons. The van der Waals surface area contributed by atoms with Crippen LogP contribution in [0.1, 0.15) is 40.5 Å². The molecule has 1 aliphatic rings. The third-order valence-corrected chi connectivity index (χ3v) is 3.48. The van der Waals surface area contributed by atoms with Crippen LogP contribution in [0.2, 0.25) is 0 Å². The molecule has 0 bridgehead atoms. The normalized spacial score (nSPS) is 42.2. The molecule has 0 aromatic heterocycles. The van der Waals surface area contributed by atoms with Crippen molar-refractivity contribution >= 4 is 0 Å². The first-order valence-electron chi connectivity index (χ1n) is 5.49. The Morgan fingerprint density at radius 1 is 1.15 bits per heavy atom. The van der Waals surface area contributed by atoms with E-state index < -0.39 is 0 Å². The van der Waals surface area contributed by atoms with Crippen LogP contribution in [0.5, 0.6) is 0 Å². The monoisotopic (exact) mass is 185 g/mol. The summed E-state index contributed by atoms with van der Waals surface area (Å²) in [7, 11) is 2.22. The number of ether oxygens (including phenoxy) is 1. The lowest BCUT2D eigenvalue weighted by Gasteiger charge is -2.46. The molecular weight excluding hydrogens is 162 g/mol. The summed E-state index contributed by atoms with van der Waals surface area (Å²) in [5.74, 6) is 0. The zero-order chi connectivity index (χ0) is 10.0. The van der Waals surface area contributed by atoms with Crippen LogP contribution in [-0.2, 0) is 4.74 Å². The third kappa shape index (κ3) is 2.05. The van der Waals surface area contributed by atoms with E-state index in [9.17, 15) is 0 Å². The molecular formula is C11H23NO. The van der Waals surface area contributed by atoms with E-state index in [1.54, 1.807) is 0 Å². The van der Waals surface area contributed by atoms with Gasteiger partial charge in [0.25, 0.3) is 0 Å². The molecule has 2 nitrogen and oxygen atoms in total. The fourth-order valence-electron chi connectivity index (χ4n) is 2.29. The van der Waals surface area contributed by atoms with E-state index >= 15 is 0 Å². The zero-order valence-corrected chi connectivity index (χ0v) is 9.58. The number of hydrogen-bond donors (Lipinski definition) is 0. The van der Waals surface area contributed by atoms with E-state index in [0.29, 0.717) is 24.3 Å². The maximum absolute atomic E-state index is 5.98. The van der Waals surface area contributed by atoms with E-state index in [0.717, 1.165) is 6.42 Å². The van der Waals surface area contributed by atoms with Gasteiger partial charge in [-0.1, -0.05) is 13.8 Å². The van der Waals surface area contributed by atoms with Gasteiger partial charge in [0.1, 0.15) is 0 Å². The van der Waals surface area contributed by atoms with Crippen molar-refractivity contribution in [3.05, 3.63) is 0 Å². The number of nitrogens with zero attached hydrogens (tertiary/aromatic N) is 1. The number of morpholine rings is 1. The number of likely N-dealkylation sites (N-methyl/N-ethyl adjacent to an activating group) is 1. The highest BCUT2D eigenvalue weighted by Gasteiger charge is 2.35. The Labute approximate surface area is 82.3 Å². The quantitative estimate of drug-likeness (QED) is 0.654. The van der Waals surface area contributed by atoms with Crippen LogP contribution in [0.25, 0.3) is 0 Å². The van der Waals surface area contributed by atoms with Crippen molar-refractivity contribution < 1.29 is 4.74 Å². The van der Waals surface area contributed by atoms with Gasteiger partial charge in [0.2, 0.25) is 0 Å². The van der Waals surface area contributed by atoms with Crippen molar-refractivity contribution in [1.82, 2.24) is 4.90 Å². The lowest BCUT2D eigenvalue weighted by molar-refractivity contribution is -0.134. The molecule has 78 valence electrons. The average Bonchev–Trinajstić information content (AvgIpc) is 2.13. The van der Waals surface area contributed by atoms with Crippen LogP contribution >= 0.6 is 0 Å². The molecule has 0 N–H and O–H groups in total. The molecule has 1 rings (SSSR count). The van der Waals surface area contributed by atoms with E-state index in [-0.39, 0.29) is 0 Å². The molecule has 0 saturated carbocycles. The summed E-state index contributed by atoms with van der Waals surface area (Å²) in [5.41, 5.74) is 0. The average molecular weight is 185 g/mol. The summed E-state index contributed by atoms with van der Waals surface area (Å²) in [6, 6.07) is 1.16. The summed E-state index contributed by atoms with van der Waals surface area (Å²) >= 11 is 0. The number of rotatable bonds is 2. The molecule has 1 aliphatic heterocycles. The van der Waals surface area contributed by atoms with Gasteiger partial charge in [-0.05, 0) is 33.7 Å². The largest absolute Gasteiger partial charge is 0.372 e. The fraction of sp³-hybridized carbons (Fsp3) is 1.00. The number of hydrogen-bond acceptors (Lipinski definition) is 2. The zero-order valence-electron chi connectivity index (χ0n) is 9.58. The molecule has 1 saturated heterocycles. The van der Waals surface area contributed by atoms with Crippen LogP contribution in [0, 0.1) is 0 Å². The van der Waals surface area contributed by atoms with Gasteiger partial charge in [-0.15, -0.1) is 0 Å². The lowest BCUT2D eigenvalue weighted by atomic mass is 9.98. The van der Waals surface area contributed by atoms with Crippen molar-refractivity contribution in [2.75, 3.05) is 7.05 Å². The van der Waals surface area contributed by atoms with Crippen molar-refractivity contribution in [3.63, 3.8) is 0 Å². The molecule has 0 aromatic carbocycles. The van der Waals surface area contributed by atoms with Gasteiger partial charge in [0.15, 0.2) is 0 Å². The Hall–Kier alpha value is -0.0800. The summed E-state index contributed by atoms with van der Waals surface area (Å²) in [5, 5.41) is 0. The maximum atomic E-state index is 5.98. The van der Waals surface area contributed by atoms with Crippen LogP contribution < -0.4 is 0 Å². The Balaban J connectivity index is 2.69. The lowest BCUT2D eigenvalue weighted by Crippen LogP contribution is -2.56. The first-order chi connectivity index (χ1) is 6.11. The molecule has 0 spiro atoms. The SMILES string of the molecule is CC[C@H]1OC(C)C(C)N(C)[C@H]1CC. The van der Waals surface area contributed by atoms with Gasteiger partial charge in [-0.3, -0.25) is 4.90 Å². The highest BCUT2D eigenvalue weighted by Crippen LogP contribution is 2.25. The molecule has 1 heterocycles. The van der Waals surface area contributed by atoms with Gasteiger partial charge in [-0.25, -0.2) is 0 Å². The highest BCUT2D eigenvalue weighted by molar-refractivity contribution is 4.87. The summed E-state index contributed by atoms with van der Waals surface area (Å²) < 4.78 is 5.98. The van der Waals surface area contributed by atoms with E-state index in [1.165, 1.54) is 6.42 Å². The van der Waals surface area contributed by atoms with Crippen molar-refractivity contribution in [2.24, 2.45) is 0 Å². The minimum Gasteiger partial charge on any atom is -0.372 e. The molecule has 2 unspecified atom stereocenters. The van der Waals surface area contributed by atoms with E-state index in [2.05, 4.69) is 39.6 Å². The standard InChI is InChI=1S/C11H23NO/c1-6-10-11(7-2)13-9(4)8(3)12(10)5/h8-11H,6-7H2,1-5H3/t8?,9?,10-,11+/m0/s1. The van der Waals surface area contributed by atoms with Gasteiger partial charge in [0, 0.05) is 12.1 Å². The molecule has 0 aliphatic carbocycles. The first kappa shape index (κ1) is 11.0. The molecule has 0 amide bonds. The van der Waals surface area contributed by atoms with Gasteiger partial charge < -0.3 is 4.74 Å². The van der Waals surface area contributed by atoms with Crippen LogP contribution in [0.3, 0.4) is 0 Å². The van der Waals surface area contributed by atoms with Gasteiger partial charge in [0.05, 0.1) is 12.2 Å². The minimum atomic E-state index is 0.373. The minimum absolute atomic E-state index is 0.373. The van der Waals surface area contributed by atoms with Gasteiger partial charge >= 0.3 is 0 Å². The van der Waals surface area contributed by atoms with Gasteiger partial charge in [-0.2, -0.15) is 0 Å². The summed E-state index contributed by atoms with van der Waals surface area (Å²) in [6.45, 7) is 8.88.